The normalized spacial score (nSPS) is 12.2. The number of nitro groups is 1. The molecule has 0 aliphatic rings. The zero-order valence-corrected chi connectivity index (χ0v) is 28.0. The molecule has 1 amide bonds. The molecule has 0 aliphatic heterocycles. The van der Waals surface area contributed by atoms with Crippen LogP contribution in [-0.4, -0.2) is 54.3 Å². The lowest BCUT2D eigenvalue weighted by Gasteiger charge is -2.21. The van der Waals surface area contributed by atoms with Gasteiger partial charge in [0.1, 0.15) is 19.3 Å². The molecule has 0 radical (unpaired) electrons. The molecule has 0 heterocycles. The summed E-state index contributed by atoms with van der Waals surface area (Å²) in [5, 5.41) is 14.6. The number of hydrogen-bond acceptors (Lipinski definition) is 11. The molecule has 1 N–H and O–H groups in total. The number of carbonyl (C=O) groups excluding carboxylic acids is 4. The molecule has 0 aliphatic carbocycles. The Morgan fingerprint density at radius 3 is 1.98 bits per heavy atom. The van der Waals surface area contributed by atoms with Gasteiger partial charge in [0, 0.05) is 25.3 Å². The molecule has 0 bridgehead atoms. The van der Waals surface area contributed by atoms with Gasteiger partial charge >= 0.3 is 29.7 Å². The van der Waals surface area contributed by atoms with Crippen LogP contribution in [-0.2, 0) is 53.0 Å². The predicted octanol–water partition coefficient (Wildman–Crippen LogP) is 5.86. The van der Waals surface area contributed by atoms with Crippen molar-refractivity contribution in [3.63, 3.8) is 0 Å². The molecule has 0 saturated carbocycles. The number of rotatable bonds is 17. The lowest BCUT2D eigenvalue weighted by molar-refractivity contribution is -0.386. The molecular formula is C36H42N2O11. The number of amides is 1. The van der Waals surface area contributed by atoms with Crippen molar-refractivity contribution < 1.29 is 47.8 Å². The summed E-state index contributed by atoms with van der Waals surface area (Å²) >= 11 is 0. The maximum absolute atomic E-state index is 13.2. The first kappa shape index (κ1) is 38.0. The Kier molecular flexibility index (Phi) is 14.6. The van der Waals surface area contributed by atoms with Crippen LogP contribution in [0.4, 0.5) is 10.5 Å². The van der Waals surface area contributed by atoms with E-state index in [1.807, 2.05) is 45.0 Å². The van der Waals surface area contributed by atoms with Gasteiger partial charge in [-0.2, -0.15) is 0 Å². The second kappa shape index (κ2) is 18.8. The van der Waals surface area contributed by atoms with Crippen molar-refractivity contribution in [3.8, 4) is 5.75 Å². The van der Waals surface area contributed by atoms with E-state index in [-0.39, 0.29) is 56.9 Å². The number of esters is 3. The van der Waals surface area contributed by atoms with Gasteiger partial charge in [-0.25, -0.2) is 14.4 Å². The zero-order chi connectivity index (χ0) is 35.8. The van der Waals surface area contributed by atoms with Crippen LogP contribution in [0.25, 0.3) is 0 Å². The molecule has 13 heteroatoms. The number of ether oxygens (including phenoxy) is 5. The fraction of sp³-hybridized carbons (Fsp3) is 0.389. The van der Waals surface area contributed by atoms with Crippen LogP contribution in [0.3, 0.4) is 0 Å². The van der Waals surface area contributed by atoms with Crippen LogP contribution in [0.2, 0.25) is 0 Å². The highest BCUT2D eigenvalue weighted by Crippen LogP contribution is 2.30. The number of nitro benzene ring substituents is 1. The van der Waals surface area contributed by atoms with Crippen molar-refractivity contribution >= 4 is 29.7 Å². The van der Waals surface area contributed by atoms with Crippen LogP contribution in [0, 0.1) is 15.5 Å². The van der Waals surface area contributed by atoms with Gasteiger partial charge in [0.2, 0.25) is 0 Å². The average Bonchev–Trinajstić information content (AvgIpc) is 3.08. The van der Waals surface area contributed by atoms with Crippen LogP contribution in [0.15, 0.2) is 78.9 Å². The first-order valence-electron chi connectivity index (χ1n) is 15.8. The van der Waals surface area contributed by atoms with Gasteiger partial charge in [0.15, 0.2) is 11.9 Å². The lowest BCUT2D eigenvalue weighted by atomic mass is 9.99. The minimum Gasteiger partial charge on any atom is -0.472 e. The molecule has 2 atom stereocenters. The third-order valence-electron chi connectivity index (χ3n) is 6.77. The average molecular weight is 679 g/mol. The van der Waals surface area contributed by atoms with E-state index < -0.39 is 46.8 Å². The summed E-state index contributed by atoms with van der Waals surface area (Å²) < 4.78 is 26.9. The van der Waals surface area contributed by atoms with E-state index in [2.05, 4.69) is 5.32 Å². The highest BCUT2D eigenvalue weighted by Gasteiger charge is 2.29. The highest BCUT2D eigenvalue weighted by molar-refractivity contribution is 5.82. The summed E-state index contributed by atoms with van der Waals surface area (Å²) in [5.41, 5.74) is 0.952. The standard InChI is InChI=1S/C36H42N2O11/c1-5-45-33(40)28(37-35(42)48-24-36(2,3)4)20-27-16-17-30(29(21-27)38(43)44)49-31(34(41)47-23-26-14-10-7-11-15-26)18-19-32(39)46-22-25-12-8-6-9-13-25/h6-17,21,28,31H,5,18-20,22-24H2,1-4H3,(H,37,42)/t28-,31+/m0/s1. The van der Waals surface area contributed by atoms with Gasteiger partial charge in [-0.3, -0.25) is 14.9 Å². The summed E-state index contributed by atoms with van der Waals surface area (Å²) in [4.78, 5) is 62.3. The SMILES string of the molecule is CCOC(=O)[C@H](Cc1ccc(O[C@H](CCC(=O)OCc2ccccc2)C(=O)OCc2ccccc2)c([N+](=O)[O-])c1)NC(=O)OCC(C)(C)C. The third-order valence-corrected chi connectivity index (χ3v) is 6.77. The number of nitrogens with one attached hydrogen (secondary N) is 1. The van der Waals surface area contributed by atoms with Crippen LogP contribution < -0.4 is 10.1 Å². The van der Waals surface area contributed by atoms with E-state index in [0.717, 1.165) is 5.56 Å². The van der Waals surface area contributed by atoms with Crippen molar-refractivity contribution in [1.29, 1.82) is 0 Å². The summed E-state index contributed by atoms with van der Waals surface area (Å²) in [6, 6.07) is 20.6. The van der Waals surface area contributed by atoms with Crippen molar-refractivity contribution in [1.82, 2.24) is 5.32 Å². The van der Waals surface area contributed by atoms with E-state index in [1.54, 1.807) is 43.3 Å². The first-order chi connectivity index (χ1) is 23.3. The van der Waals surface area contributed by atoms with Gasteiger partial charge in [-0.1, -0.05) is 87.5 Å². The minimum absolute atomic E-state index is 0.0343. The molecule has 0 unspecified atom stereocenters. The van der Waals surface area contributed by atoms with Gasteiger partial charge in [-0.15, -0.1) is 0 Å². The summed E-state index contributed by atoms with van der Waals surface area (Å²) in [7, 11) is 0. The Hall–Kier alpha value is -5.46. The Balaban J connectivity index is 1.78. The molecule has 49 heavy (non-hydrogen) atoms. The molecule has 3 aromatic rings. The van der Waals surface area contributed by atoms with E-state index in [9.17, 15) is 29.3 Å². The molecule has 0 saturated heterocycles. The third kappa shape index (κ3) is 13.7. The van der Waals surface area contributed by atoms with E-state index >= 15 is 0 Å². The van der Waals surface area contributed by atoms with Crippen molar-refractivity contribution in [3.05, 3.63) is 106 Å². The number of carbonyl (C=O) groups is 4. The largest absolute Gasteiger partial charge is 0.472 e. The Morgan fingerprint density at radius 2 is 1.41 bits per heavy atom. The van der Waals surface area contributed by atoms with E-state index in [4.69, 9.17) is 23.7 Å². The van der Waals surface area contributed by atoms with Gasteiger partial charge in [0.05, 0.1) is 18.1 Å². The fourth-order valence-electron chi connectivity index (χ4n) is 4.33. The highest BCUT2D eigenvalue weighted by atomic mass is 16.6. The molecular weight excluding hydrogens is 636 g/mol. The van der Waals surface area contributed by atoms with Crippen LogP contribution in [0.1, 0.15) is 57.2 Å². The zero-order valence-electron chi connectivity index (χ0n) is 28.0. The lowest BCUT2D eigenvalue weighted by Crippen LogP contribution is -2.44. The number of benzene rings is 3. The molecule has 13 nitrogen and oxygen atoms in total. The second-order valence-corrected chi connectivity index (χ2v) is 12.2. The smallest absolute Gasteiger partial charge is 0.407 e. The maximum Gasteiger partial charge on any atom is 0.407 e. The summed E-state index contributed by atoms with van der Waals surface area (Å²) in [6.45, 7) is 7.31. The molecule has 0 spiro atoms. The topological polar surface area (TPSA) is 170 Å². The molecule has 0 aromatic heterocycles. The quantitative estimate of drug-likeness (QED) is 0.0786. The van der Waals surface area contributed by atoms with Crippen LogP contribution in [0.5, 0.6) is 5.75 Å². The van der Waals surface area contributed by atoms with E-state index in [1.165, 1.54) is 18.2 Å². The monoisotopic (exact) mass is 678 g/mol. The van der Waals surface area contributed by atoms with E-state index in [0.29, 0.717) is 11.1 Å². The molecule has 262 valence electrons. The second-order valence-electron chi connectivity index (χ2n) is 12.2. The number of nitrogens with zero attached hydrogens (tertiary/aromatic N) is 1. The van der Waals surface area contributed by atoms with Crippen molar-refractivity contribution in [2.24, 2.45) is 5.41 Å². The number of alkyl carbamates (subject to hydrolysis) is 1. The van der Waals surface area contributed by atoms with Gasteiger partial charge in [0.25, 0.3) is 0 Å². The van der Waals surface area contributed by atoms with Gasteiger partial charge in [-0.05, 0) is 35.1 Å². The summed E-state index contributed by atoms with van der Waals surface area (Å²) in [5.74, 6) is -2.45. The van der Waals surface area contributed by atoms with Gasteiger partial charge < -0.3 is 29.0 Å². The Bertz CT molecular complexity index is 1560. The Morgan fingerprint density at radius 1 is 0.796 bits per heavy atom. The fourth-order valence-corrected chi connectivity index (χ4v) is 4.33. The van der Waals surface area contributed by atoms with Crippen molar-refractivity contribution in [2.45, 2.75) is 72.3 Å². The predicted molar refractivity (Wildman–Crippen MR) is 177 cm³/mol. The minimum atomic E-state index is -1.40. The first-order valence-corrected chi connectivity index (χ1v) is 15.8. The molecule has 3 rings (SSSR count). The maximum atomic E-state index is 13.2. The summed E-state index contributed by atoms with van der Waals surface area (Å²) in [6.07, 6.45) is -2.83. The molecule has 0 fully saturated rings. The molecule has 3 aromatic carbocycles. The van der Waals surface area contributed by atoms with Crippen LogP contribution >= 0.6 is 0 Å². The number of hydrogen-bond donors (Lipinski definition) is 1. The Labute approximate surface area is 285 Å². The van der Waals surface area contributed by atoms with Crippen molar-refractivity contribution in [2.75, 3.05) is 13.2 Å².